The largest absolute Gasteiger partial charge is 0.486 e. The number of rotatable bonds is 6. The molecule has 1 aliphatic carbocycles. The smallest absolute Gasteiger partial charge is 0.243 e. The van der Waals surface area contributed by atoms with Crippen LogP contribution in [0.25, 0.3) is 0 Å². The van der Waals surface area contributed by atoms with Gasteiger partial charge in [-0.1, -0.05) is 31.0 Å². The van der Waals surface area contributed by atoms with Gasteiger partial charge in [0.2, 0.25) is 6.29 Å². The van der Waals surface area contributed by atoms with Crippen molar-refractivity contribution in [3.8, 4) is 17.2 Å². The number of hydrogen-bond acceptors (Lipinski definition) is 4. The van der Waals surface area contributed by atoms with E-state index in [0.29, 0.717) is 12.5 Å². The summed E-state index contributed by atoms with van der Waals surface area (Å²) < 4.78 is 23.0. The average Bonchev–Trinajstić information content (AvgIpc) is 3.34. The molecule has 1 atom stereocenters. The van der Waals surface area contributed by atoms with Crippen molar-refractivity contribution in [1.82, 2.24) is 0 Å². The van der Waals surface area contributed by atoms with Crippen molar-refractivity contribution in [2.45, 2.75) is 32.0 Å². The standard InChI is InChI=1S/C21H22O4/c1-2-8-18(9-3-1)24-19-12-10-17(11-13-19)22-14-20-15-23-21(25-20)16-6-4-5-7-16/h1-3,8-13,15-16,21H,4-7,14H2. The second-order valence-electron chi connectivity index (χ2n) is 6.43. The van der Waals surface area contributed by atoms with E-state index >= 15 is 0 Å². The first-order valence-electron chi connectivity index (χ1n) is 8.84. The Labute approximate surface area is 148 Å². The minimum Gasteiger partial charge on any atom is -0.486 e. The van der Waals surface area contributed by atoms with E-state index in [1.54, 1.807) is 6.26 Å². The van der Waals surface area contributed by atoms with Crippen LogP contribution in [0.1, 0.15) is 25.7 Å². The van der Waals surface area contributed by atoms with Gasteiger partial charge in [0.1, 0.15) is 30.1 Å². The van der Waals surface area contributed by atoms with Crippen molar-refractivity contribution in [2.75, 3.05) is 6.61 Å². The lowest BCUT2D eigenvalue weighted by Crippen LogP contribution is -2.19. The molecule has 0 N–H and O–H groups in total. The molecule has 1 fully saturated rings. The SMILES string of the molecule is C1=C(COc2ccc(Oc3ccccc3)cc2)OC(C2CCCC2)O1. The highest BCUT2D eigenvalue weighted by molar-refractivity contribution is 5.35. The van der Waals surface area contributed by atoms with Crippen molar-refractivity contribution < 1.29 is 18.9 Å². The monoisotopic (exact) mass is 338 g/mol. The first kappa shape index (κ1) is 15.9. The van der Waals surface area contributed by atoms with E-state index < -0.39 is 0 Å². The van der Waals surface area contributed by atoms with E-state index in [-0.39, 0.29) is 6.29 Å². The average molecular weight is 338 g/mol. The van der Waals surface area contributed by atoms with Gasteiger partial charge in [-0.15, -0.1) is 0 Å². The molecule has 4 rings (SSSR count). The van der Waals surface area contributed by atoms with E-state index in [0.717, 1.165) is 23.0 Å². The maximum absolute atomic E-state index is 5.86. The van der Waals surface area contributed by atoms with Crippen LogP contribution in [-0.2, 0) is 9.47 Å². The molecule has 0 spiro atoms. The van der Waals surface area contributed by atoms with Crippen LogP contribution in [0, 0.1) is 5.92 Å². The molecule has 1 saturated carbocycles. The van der Waals surface area contributed by atoms with Crippen LogP contribution in [0.5, 0.6) is 17.2 Å². The van der Waals surface area contributed by atoms with Crippen molar-refractivity contribution >= 4 is 0 Å². The third-order valence-corrected chi connectivity index (χ3v) is 4.57. The molecule has 4 nitrogen and oxygen atoms in total. The van der Waals surface area contributed by atoms with Gasteiger partial charge < -0.3 is 18.9 Å². The van der Waals surface area contributed by atoms with Gasteiger partial charge in [-0.3, -0.25) is 0 Å². The van der Waals surface area contributed by atoms with Crippen LogP contribution in [0.3, 0.4) is 0 Å². The predicted molar refractivity (Wildman–Crippen MR) is 94.5 cm³/mol. The molecule has 0 saturated heterocycles. The number of para-hydroxylation sites is 1. The lowest BCUT2D eigenvalue weighted by molar-refractivity contribution is -0.0755. The lowest BCUT2D eigenvalue weighted by atomic mass is 10.1. The highest BCUT2D eigenvalue weighted by atomic mass is 16.7. The lowest BCUT2D eigenvalue weighted by Gasteiger charge is -2.18. The van der Waals surface area contributed by atoms with Crippen molar-refractivity contribution in [1.29, 1.82) is 0 Å². The summed E-state index contributed by atoms with van der Waals surface area (Å²) in [6, 6.07) is 17.3. The molecule has 130 valence electrons. The summed E-state index contributed by atoms with van der Waals surface area (Å²) in [5.74, 6) is 3.63. The van der Waals surface area contributed by atoms with Crippen LogP contribution < -0.4 is 9.47 Å². The molecule has 2 aromatic carbocycles. The maximum Gasteiger partial charge on any atom is 0.243 e. The summed E-state index contributed by atoms with van der Waals surface area (Å²) in [4.78, 5) is 0. The normalized spacial score (nSPS) is 19.8. The fourth-order valence-electron chi connectivity index (χ4n) is 3.24. The van der Waals surface area contributed by atoms with Gasteiger partial charge in [0.05, 0.1) is 0 Å². The quantitative estimate of drug-likeness (QED) is 0.720. The summed E-state index contributed by atoms with van der Waals surface area (Å²) in [5.41, 5.74) is 0. The number of ether oxygens (including phenoxy) is 4. The maximum atomic E-state index is 5.86. The summed E-state index contributed by atoms with van der Waals surface area (Å²) in [6.07, 6.45) is 6.50. The van der Waals surface area contributed by atoms with E-state index in [1.165, 1.54) is 25.7 Å². The van der Waals surface area contributed by atoms with Crippen LogP contribution in [0.2, 0.25) is 0 Å². The molecule has 1 heterocycles. The Morgan fingerprint density at radius 2 is 1.52 bits per heavy atom. The molecule has 25 heavy (non-hydrogen) atoms. The van der Waals surface area contributed by atoms with Crippen molar-refractivity contribution in [2.24, 2.45) is 5.92 Å². The molecular weight excluding hydrogens is 316 g/mol. The molecule has 4 heteroatoms. The van der Waals surface area contributed by atoms with Gasteiger partial charge in [-0.2, -0.15) is 0 Å². The Kier molecular flexibility index (Phi) is 4.77. The van der Waals surface area contributed by atoms with Crippen LogP contribution in [-0.4, -0.2) is 12.9 Å². The Morgan fingerprint density at radius 1 is 0.840 bits per heavy atom. The van der Waals surface area contributed by atoms with Gasteiger partial charge >= 0.3 is 0 Å². The Hall–Kier alpha value is -2.62. The number of hydrogen-bond donors (Lipinski definition) is 0. The molecule has 0 radical (unpaired) electrons. The minimum atomic E-state index is -0.122. The Balaban J connectivity index is 1.26. The fourth-order valence-corrected chi connectivity index (χ4v) is 3.24. The number of benzene rings is 2. The van der Waals surface area contributed by atoms with Crippen LogP contribution >= 0.6 is 0 Å². The summed E-state index contributed by atoms with van der Waals surface area (Å²) >= 11 is 0. The van der Waals surface area contributed by atoms with Gasteiger partial charge in [0.25, 0.3) is 0 Å². The summed E-state index contributed by atoms with van der Waals surface area (Å²) in [5, 5.41) is 0. The molecule has 0 aromatic heterocycles. The molecular formula is C21H22O4. The zero-order valence-electron chi connectivity index (χ0n) is 14.1. The van der Waals surface area contributed by atoms with Crippen LogP contribution in [0.4, 0.5) is 0 Å². The zero-order chi connectivity index (χ0) is 16.9. The molecule has 1 unspecified atom stereocenters. The van der Waals surface area contributed by atoms with E-state index in [9.17, 15) is 0 Å². The van der Waals surface area contributed by atoms with Gasteiger partial charge in [-0.25, -0.2) is 0 Å². The Morgan fingerprint density at radius 3 is 2.28 bits per heavy atom. The first-order valence-corrected chi connectivity index (χ1v) is 8.84. The molecule has 0 amide bonds. The zero-order valence-corrected chi connectivity index (χ0v) is 14.1. The summed E-state index contributed by atoms with van der Waals surface area (Å²) in [6.45, 7) is 0.377. The van der Waals surface area contributed by atoms with E-state index in [2.05, 4.69) is 0 Å². The van der Waals surface area contributed by atoms with Gasteiger partial charge in [0.15, 0.2) is 5.76 Å². The topological polar surface area (TPSA) is 36.9 Å². The van der Waals surface area contributed by atoms with Crippen LogP contribution in [0.15, 0.2) is 66.6 Å². The molecule has 1 aliphatic heterocycles. The molecule has 2 aliphatic rings. The van der Waals surface area contributed by atoms with Gasteiger partial charge in [0, 0.05) is 5.92 Å². The highest BCUT2D eigenvalue weighted by Crippen LogP contribution is 2.33. The van der Waals surface area contributed by atoms with Gasteiger partial charge in [-0.05, 0) is 49.2 Å². The predicted octanol–water partition coefficient (Wildman–Crippen LogP) is 5.26. The second-order valence-corrected chi connectivity index (χ2v) is 6.43. The third kappa shape index (κ3) is 4.08. The minimum absolute atomic E-state index is 0.122. The second kappa shape index (κ2) is 7.51. The molecule has 0 bridgehead atoms. The first-order chi connectivity index (χ1) is 12.4. The third-order valence-electron chi connectivity index (χ3n) is 4.57. The Bertz CT molecular complexity index is 702. The molecule has 2 aromatic rings. The van der Waals surface area contributed by atoms with Crippen molar-refractivity contribution in [3.63, 3.8) is 0 Å². The fraction of sp³-hybridized carbons (Fsp3) is 0.333. The van der Waals surface area contributed by atoms with E-state index in [4.69, 9.17) is 18.9 Å². The van der Waals surface area contributed by atoms with Crippen molar-refractivity contribution in [3.05, 3.63) is 66.6 Å². The van der Waals surface area contributed by atoms with E-state index in [1.807, 2.05) is 54.6 Å². The highest BCUT2D eigenvalue weighted by Gasteiger charge is 2.31. The summed E-state index contributed by atoms with van der Waals surface area (Å²) in [7, 11) is 0.